The number of hydrogen-bond donors (Lipinski definition) is 1. The lowest BCUT2D eigenvalue weighted by Gasteiger charge is -2.15. The van der Waals surface area contributed by atoms with Crippen LogP contribution < -0.4 is 15.0 Å². The van der Waals surface area contributed by atoms with Crippen LogP contribution in [0.4, 0.5) is 10.8 Å². The lowest BCUT2D eigenvalue weighted by Crippen LogP contribution is -2.08. The summed E-state index contributed by atoms with van der Waals surface area (Å²) in [5, 5.41) is 4.28. The summed E-state index contributed by atoms with van der Waals surface area (Å²) in [5.74, 6) is 1.55. The lowest BCUT2D eigenvalue weighted by molar-refractivity contribution is 0.414. The Morgan fingerprint density at radius 2 is 1.65 bits per heavy atom. The summed E-state index contributed by atoms with van der Waals surface area (Å²) in [7, 11) is 5.76. The molecule has 0 unspecified atom stereocenters. The molecule has 2 aromatic carbocycles. The first-order valence-electron chi connectivity index (χ1n) is 11.4. The van der Waals surface area contributed by atoms with Crippen molar-refractivity contribution >= 4 is 22.2 Å². The lowest BCUT2D eigenvalue weighted by atomic mass is 9.98. The van der Waals surface area contributed by atoms with Gasteiger partial charge in [-0.3, -0.25) is 0 Å². The van der Waals surface area contributed by atoms with Gasteiger partial charge in [0.1, 0.15) is 5.75 Å². The van der Waals surface area contributed by atoms with Crippen molar-refractivity contribution in [3.05, 3.63) is 59.8 Å². The van der Waals surface area contributed by atoms with E-state index in [1.54, 1.807) is 18.4 Å². The standard InChI is InChI=1S/C27H31N5OS/c1-7-12-28-27-29-16-24(34-27)22-15-23(25-17(2)13-21(33-6)14-18(25)3)31-26(30-22)19-8-10-20(11-9-19)32(4)5/h8-11,13-16H,7,12H2,1-6H3,(H,28,29). The Hall–Kier alpha value is -3.45. The smallest absolute Gasteiger partial charge is 0.183 e. The number of methoxy groups -OCH3 is 1. The van der Waals surface area contributed by atoms with Crippen molar-refractivity contribution < 1.29 is 4.74 Å². The molecule has 1 N–H and O–H groups in total. The highest BCUT2D eigenvalue weighted by atomic mass is 32.1. The van der Waals surface area contributed by atoms with Crippen molar-refractivity contribution in [2.24, 2.45) is 0 Å². The van der Waals surface area contributed by atoms with Gasteiger partial charge in [0.2, 0.25) is 0 Å². The molecule has 0 bridgehead atoms. The van der Waals surface area contributed by atoms with Crippen LogP contribution in [-0.4, -0.2) is 42.7 Å². The fourth-order valence-electron chi connectivity index (χ4n) is 3.89. The van der Waals surface area contributed by atoms with Crippen molar-refractivity contribution in [2.45, 2.75) is 27.2 Å². The molecule has 0 saturated carbocycles. The van der Waals surface area contributed by atoms with Crippen molar-refractivity contribution in [3.8, 4) is 39.0 Å². The SMILES string of the molecule is CCCNc1ncc(-c2cc(-c3c(C)cc(OC)cc3C)nc(-c3ccc(N(C)C)cc3)n2)s1. The average molecular weight is 474 g/mol. The number of benzene rings is 2. The molecule has 0 radical (unpaired) electrons. The molecule has 0 amide bonds. The Labute approximate surface area is 205 Å². The maximum atomic E-state index is 5.47. The van der Waals surface area contributed by atoms with E-state index in [0.717, 1.165) is 68.1 Å². The molecule has 0 aliphatic heterocycles. The van der Waals surface area contributed by atoms with Gasteiger partial charge in [0.15, 0.2) is 11.0 Å². The zero-order valence-corrected chi connectivity index (χ0v) is 21.5. The molecular formula is C27H31N5OS. The predicted octanol–water partition coefficient (Wildman–Crippen LogP) is 6.45. The molecule has 0 aliphatic rings. The second-order valence-electron chi connectivity index (χ2n) is 8.50. The quantitative estimate of drug-likeness (QED) is 0.317. The molecule has 0 spiro atoms. The minimum absolute atomic E-state index is 0.698. The van der Waals surface area contributed by atoms with E-state index in [9.17, 15) is 0 Å². The molecule has 0 saturated heterocycles. The monoisotopic (exact) mass is 473 g/mol. The van der Waals surface area contributed by atoms with E-state index in [0.29, 0.717) is 5.82 Å². The van der Waals surface area contributed by atoms with Gasteiger partial charge in [0, 0.05) is 43.7 Å². The summed E-state index contributed by atoms with van der Waals surface area (Å²) in [6.45, 7) is 7.23. The van der Waals surface area contributed by atoms with Crippen LogP contribution in [0.25, 0.3) is 33.2 Å². The van der Waals surface area contributed by atoms with Gasteiger partial charge in [-0.25, -0.2) is 15.0 Å². The summed E-state index contributed by atoms with van der Waals surface area (Å²) < 4.78 is 5.47. The second-order valence-corrected chi connectivity index (χ2v) is 9.53. The number of anilines is 2. The Balaban J connectivity index is 1.85. The van der Waals surface area contributed by atoms with Crippen molar-refractivity contribution in [1.29, 1.82) is 0 Å². The third-order valence-electron chi connectivity index (χ3n) is 5.65. The molecule has 0 aliphatic carbocycles. The minimum Gasteiger partial charge on any atom is -0.497 e. The highest BCUT2D eigenvalue weighted by molar-refractivity contribution is 7.18. The van der Waals surface area contributed by atoms with Gasteiger partial charge in [-0.2, -0.15) is 0 Å². The summed E-state index contributed by atoms with van der Waals surface area (Å²) in [6, 6.07) is 14.5. The zero-order valence-electron chi connectivity index (χ0n) is 20.6. The molecule has 176 valence electrons. The third kappa shape index (κ3) is 5.04. The van der Waals surface area contributed by atoms with Crippen LogP contribution in [0.1, 0.15) is 24.5 Å². The maximum Gasteiger partial charge on any atom is 0.183 e. The van der Waals surface area contributed by atoms with Gasteiger partial charge in [-0.15, -0.1) is 0 Å². The maximum absolute atomic E-state index is 5.47. The Morgan fingerprint density at radius 3 is 2.26 bits per heavy atom. The molecule has 0 atom stereocenters. The number of nitrogens with one attached hydrogen (secondary N) is 1. The molecule has 7 heteroatoms. The topological polar surface area (TPSA) is 63.2 Å². The number of aromatic nitrogens is 3. The van der Waals surface area contributed by atoms with E-state index in [4.69, 9.17) is 14.7 Å². The average Bonchev–Trinajstić information content (AvgIpc) is 3.31. The third-order valence-corrected chi connectivity index (χ3v) is 6.63. The first kappa shape index (κ1) is 23.7. The van der Waals surface area contributed by atoms with E-state index in [2.05, 4.69) is 78.4 Å². The van der Waals surface area contributed by atoms with Gasteiger partial charge < -0.3 is 15.0 Å². The summed E-state index contributed by atoms with van der Waals surface area (Å²) in [5.41, 5.74) is 7.21. The highest BCUT2D eigenvalue weighted by Crippen LogP contribution is 2.35. The van der Waals surface area contributed by atoms with Gasteiger partial charge in [-0.05, 0) is 73.9 Å². The number of rotatable bonds is 8. The summed E-state index contributed by atoms with van der Waals surface area (Å²) in [4.78, 5) is 17.6. The van der Waals surface area contributed by atoms with Crippen LogP contribution in [0.3, 0.4) is 0 Å². The van der Waals surface area contributed by atoms with Crippen LogP contribution in [0.5, 0.6) is 5.75 Å². The largest absolute Gasteiger partial charge is 0.497 e. The first-order chi connectivity index (χ1) is 16.4. The minimum atomic E-state index is 0.698. The molecule has 6 nitrogen and oxygen atoms in total. The number of aryl methyl sites for hydroxylation is 2. The first-order valence-corrected chi connectivity index (χ1v) is 12.2. The van der Waals surface area contributed by atoms with Crippen molar-refractivity contribution in [1.82, 2.24) is 15.0 Å². The fraction of sp³-hybridized carbons (Fsp3) is 0.296. The van der Waals surface area contributed by atoms with E-state index in [1.165, 1.54) is 0 Å². The molecular weight excluding hydrogens is 442 g/mol. The van der Waals surface area contributed by atoms with Crippen molar-refractivity contribution in [3.63, 3.8) is 0 Å². The van der Waals surface area contributed by atoms with Crippen LogP contribution >= 0.6 is 11.3 Å². The molecule has 4 rings (SSSR count). The zero-order chi connectivity index (χ0) is 24.2. The molecule has 2 aromatic heterocycles. The van der Waals surface area contributed by atoms with Gasteiger partial charge in [-0.1, -0.05) is 18.3 Å². The van der Waals surface area contributed by atoms with E-state index >= 15 is 0 Å². The van der Waals surface area contributed by atoms with Crippen LogP contribution in [0, 0.1) is 13.8 Å². The van der Waals surface area contributed by atoms with Gasteiger partial charge >= 0.3 is 0 Å². The Bertz CT molecular complexity index is 1260. The second kappa shape index (κ2) is 10.2. The molecule has 0 fully saturated rings. The Kier molecular flexibility index (Phi) is 7.12. The van der Waals surface area contributed by atoms with E-state index < -0.39 is 0 Å². The number of ether oxygens (including phenoxy) is 1. The summed E-state index contributed by atoms with van der Waals surface area (Å²) in [6.07, 6.45) is 2.94. The fourth-order valence-corrected chi connectivity index (χ4v) is 4.69. The summed E-state index contributed by atoms with van der Waals surface area (Å²) >= 11 is 1.62. The molecule has 2 heterocycles. The van der Waals surface area contributed by atoms with E-state index in [1.807, 2.05) is 20.3 Å². The molecule has 34 heavy (non-hydrogen) atoms. The number of hydrogen-bond acceptors (Lipinski definition) is 7. The van der Waals surface area contributed by atoms with Crippen LogP contribution in [0.2, 0.25) is 0 Å². The van der Waals surface area contributed by atoms with Gasteiger partial charge in [0.05, 0.1) is 23.4 Å². The Morgan fingerprint density at radius 1 is 0.971 bits per heavy atom. The van der Waals surface area contributed by atoms with E-state index in [-0.39, 0.29) is 0 Å². The van der Waals surface area contributed by atoms with Crippen molar-refractivity contribution in [2.75, 3.05) is 38.0 Å². The number of nitrogens with zero attached hydrogens (tertiary/aromatic N) is 4. The van der Waals surface area contributed by atoms with Crippen LogP contribution in [0.15, 0.2) is 48.7 Å². The molecule has 4 aromatic rings. The highest BCUT2D eigenvalue weighted by Gasteiger charge is 2.16. The normalized spacial score (nSPS) is 10.9. The number of thiazole rings is 1. The van der Waals surface area contributed by atoms with Crippen LogP contribution in [-0.2, 0) is 0 Å². The predicted molar refractivity (Wildman–Crippen MR) is 143 cm³/mol. The van der Waals surface area contributed by atoms with Gasteiger partial charge in [0.25, 0.3) is 0 Å².